The number of rotatable bonds is 2. The summed E-state index contributed by atoms with van der Waals surface area (Å²) in [6.45, 7) is 1.38. The molecule has 4 nitrogen and oxygen atoms in total. The number of carbonyl (C=O) groups excluding carboxylic acids is 2. The number of carbonyl (C=O) groups is 2. The summed E-state index contributed by atoms with van der Waals surface area (Å²) in [5.74, 6) is -0.778. The van der Waals surface area contributed by atoms with Gasteiger partial charge in [-0.3, -0.25) is 9.59 Å². The molecule has 3 N–H and O–H groups in total. The fourth-order valence-electron chi connectivity index (χ4n) is 0.867. The second-order valence-corrected chi connectivity index (χ2v) is 2.19. The van der Waals surface area contributed by atoms with Crippen molar-refractivity contribution < 1.29 is 9.59 Å². The SMILES string of the molecule is CC(=O)c1cc[nH]c1C(N)=O. The zero-order valence-electron chi connectivity index (χ0n) is 6.05. The lowest BCUT2D eigenvalue weighted by Gasteiger charge is -1.92. The van der Waals surface area contributed by atoms with Crippen LogP contribution >= 0.6 is 0 Å². The molecule has 0 bridgehead atoms. The summed E-state index contributed by atoms with van der Waals surface area (Å²) < 4.78 is 0. The Hall–Kier alpha value is -1.58. The summed E-state index contributed by atoms with van der Waals surface area (Å²) in [5, 5.41) is 0. The average Bonchev–Trinajstić information content (AvgIpc) is 2.32. The number of nitrogens with two attached hydrogens (primary N) is 1. The number of aromatic nitrogens is 1. The van der Waals surface area contributed by atoms with Crippen LogP contribution in [0.1, 0.15) is 27.8 Å². The van der Waals surface area contributed by atoms with Gasteiger partial charge in [0, 0.05) is 11.8 Å². The molecule has 0 unspecified atom stereocenters. The topological polar surface area (TPSA) is 75.9 Å². The number of amides is 1. The molecule has 1 amide bonds. The van der Waals surface area contributed by atoms with Gasteiger partial charge in [-0.05, 0) is 13.0 Å². The lowest BCUT2D eigenvalue weighted by molar-refractivity contribution is 0.0971. The van der Waals surface area contributed by atoms with Crippen LogP contribution in [0.5, 0.6) is 0 Å². The quantitative estimate of drug-likeness (QED) is 0.598. The van der Waals surface area contributed by atoms with Gasteiger partial charge in [-0.25, -0.2) is 0 Å². The number of H-pyrrole nitrogens is 1. The first-order chi connectivity index (χ1) is 5.13. The van der Waals surface area contributed by atoms with E-state index in [2.05, 4.69) is 4.98 Å². The van der Waals surface area contributed by atoms with E-state index in [4.69, 9.17) is 5.73 Å². The molecule has 0 fully saturated rings. The fraction of sp³-hybridized carbons (Fsp3) is 0.143. The smallest absolute Gasteiger partial charge is 0.265 e. The molecule has 58 valence electrons. The molecule has 0 atom stereocenters. The van der Waals surface area contributed by atoms with E-state index in [9.17, 15) is 9.59 Å². The molecular weight excluding hydrogens is 144 g/mol. The van der Waals surface area contributed by atoms with E-state index < -0.39 is 5.91 Å². The van der Waals surface area contributed by atoms with Gasteiger partial charge in [0.15, 0.2) is 5.78 Å². The monoisotopic (exact) mass is 152 g/mol. The van der Waals surface area contributed by atoms with E-state index in [0.717, 1.165) is 0 Å². The summed E-state index contributed by atoms with van der Waals surface area (Å²) in [5.41, 5.74) is 5.50. The van der Waals surface area contributed by atoms with Crippen LogP contribution in [-0.2, 0) is 0 Å². The molecule has 0 aromatic carbocycles. The van der Waals surface area contributed by atoms with Crippen LogP contribution in [0.15, 0.2) is 12.3 Å². The van der Waals surface area contributed by atoms with Crippen molar-refractivity contribution in [2.45, 2.75) is 6.92 Å². The number of Topliss-reactive ketones (excluding diaryl/α,β-unsaturated/α-hetero) is 1. The van der Waals surface area contributed by atoms with Gasteiger partial charge in [0.25, 0.3) is 5.91 Å². The summed E-state index contributed by atoms with van der Waals surface area (Å²) in [4.78, 5) is 24.0. The Bertz CT molecular complexity index is 273. The molecule has 0 saturated heterocycles. The van der Waals surface area contributed by atoms with Crippen molar-refractivity contribution in [1.29, 1.82) is 0 Å². The van der Waals surface area contributed by atoms with Crippen LogP contribution in [-0.4, -0.2) is 16.7 Å². The summed E-state index contributed by atoms with van der Waals surface area (Å²) in [7, 11) is 0. The van der Waals surface area contributed by atoms with E-state index in [1.165, 1.54) is 19.2 Å². The van der Waals surface area contributed by atoms with Gasteiger partial charge in [0.05, 0.1) is 0 Å². The molecule has 1 aromatic heterocycles. The highest BCUT2D eigenvalue weighted by molar-refractivity contribution is 6.05. The van der Waals surface area contributed by atoms with Crippen molar-refractivity contribution in [3.63, 3.8) is 0 Å². The number of nitrogens with one attached hydrogen (secondary N) is 1. The second kappa shape index (κ2) is 2.57. The van der Waals surface area contributed by atoms with Crippen molar-refractivity contribution in [3.8, 4) is 0 Å². The summed E-state index contributed by atoms with van der Waals surface area (Å²) >= 11 is 0. The number of aromatic amines is 1. The Morgan fingerprint density at radius 3 is 2.55 bits per heavy atom. The van der Waals surface area contributed by atoms with E-state index in [1.54, 1.807) is 0 Å². The Labute approximate surface area is 63.4 Å². The Balaban J connectivity index is 3.16. The number of primary amides is 1. The van der Waals surface area contributed by atoms with E-state index >= 15 is 0 Å². The molecule has 0 spiro atoms. The van der Waals surface area contributed by atoms with Gasteiger partial charge in [0.1, 0.15) is 5.69 Å². The maximum absolute atomic E-state index is 10.8. The Morgan fingerprint density at radius 1 is 1.55 bits per heavy atom. The van der Waals surface area contributed by atoms with Crippen LogP contribution < -0.4 is 5.73 Å². The minimum atomic E-state index is -0.611. The number of hydrogen-bond acceptors (Lipinski definition) is 2. The lowest BCUT2D eigenvalue weighted by Crippen LogP contribution is -2.14. The Kier molecular flexibility index (Phi) is 1.76. The van der Waals surface area contributed by atoms with Gasteiger partial charge in [-0.1, -0.05) is 0 Å². The predicted molar refractivity (Wildman–Crippen MR) is 39.3 cm³/mol. The molecular formula is C7H8N2O2. The van der Waals surface area contributed by atoms with Crippen molar-refractivity contribution in [3.05, 3.63) is 23.5 Å². The molecule has 1 rings (SSSR count). The van der Waals surface area contributed by atoms with Crippen LogP contribution in [0.25, 0.3) is 0 Å². The average molecular weight is 152 g/mol. The third-order valence-corrected chi connectivity index (χ3v) is 1.37. The molecule has 0 radical (unpaired) electrons. The molecule has 0 saturated carbocycles. The van der Waals surface area contributed by atoms with Crippen LogP contribution in [0.2, 0.25) is 0 Å². The van der Waals surface area contributed by atoms with Crippen LogP contribution in [0.3, 0.4) is 0 Å². The second-order valence-electron chi connectivity index (χ2n) is 2.19. The van der Waals surface area contributed by atoms with Gasteiger partial charge in [-0.2, -0.15) is 0 Å². The fourth-order valence-corrected chi connectivity index (χ4v) is 0.867. The number of ketones is 1. The maximum atomic E-state index is 10.8. The third-order valence-electron chi connectivity index (χ3n) is 1.37. The van der Waals surface area contributed by atoms with Gasteiger partial charge in [-0.15, -0.1) is 0 Å². The zero-order valence-corrected chi connectivity index (χ0v) is 6.05. The molecule has 11 heavy (non-hydrogen) atoms. The van der Waals surface area contributed by atoms with Gasteiger partial charge >= 0.3 is 0 Å². The van der Waals surface area contributed by atoms with Crippen molar-refractivity contribution >= 4 is 11.7 Å². The van der Waals surface area contributed by atoms with E-state index in [-0.39, 0.29) is 11.5 Å². The predicted octanol–water partition coefficient (Wildman–Crippen LogP) is 0.316. The first-order valence-electron chi connectivity index (χ1n) is 3.11. The molecule has 1 aromatic rings. The van der Waals surface area contributed by atoms with E-state index in [1.807, 2.05) is 0 Å². The minimum absolute atomic E-state index is 0.167. The molecule has 0 aliphatic rings. The maximum Gasteiger partial charge on any atom is 0.265 e. The van der Waals surface area contributed by atoms with Crippen LogP contribution in [0, 0.1) is 0 Å². The Morgan fingerprint density at radius 2 is 2.18 bits per heavy atom. The summed E-state index contributed by atoms with van der Waals surface area (Å²) in [6, 6.07) is 1.53. The highest BCUT2D eigenvalue weighted by Crippen LogP contribution is 2.05. The number of hydrogen-bond donors (Lipinski definition) is 2. The van der Waals surface area contributed by atoms with Crippen molar-refractivity contribution in [2.24, 2.45) is 5.73 Å². The lowest BCUT2D eigenvalue weighted by atomic mass is 10.2. The highest BCUT2D eigenvalue weighted by Gasteiger charge is 2.11. The molecule has 1 heterocycles. The largest absolute Gasteiger partial charge is 0.364 e. The minimum Gasteiger partial charge on any atom is -0.364 e. The normalized spacial score (nSPS) is 9.55. The summed E-state index contributed by atoms with van der Waals surface area (Å²) in [6.07, 6.45) is 1.51. The van der Waals surface area contributed by atoms with Crippen molar-refractivity contribution in [2.75, 3.05) is 0 Å². The first kappa shape index (κ1) is 7.53. The standard InChI is InChI=1S/C7H8N2O2/c1-4(10)5-2-3-9-6(5)7(8)11/h2-3,9H,1H3,(H2,8,11). The first-order valence-corrected chi connectivity index (χ1v) is 3.11. The van der Waals surface area contributed by atoms with Gasteiger partial charge in [0.2, 0.25) is 0 Å². The molecule has 0 aliphatic carbocycles. The van der Waals surface area contributed by atoms with E-state index in [0.29, 0.717) is 5.56 Å². The third kappa shape index (κ3) is 1.29. The zero-order chi connectivity index (χ0) is 8.43. The van der Waals surface area contributed by atoms with Gasteiger partial charge < -0.3 is 10.7 Å². The highest BCUT2D eigenvalue weighted by atomic mass is 16.1. The van der Waals surface area contributed by atoms with Crippen LogP contribution in [0.4, 0.5) is 0 Å². The molecule has 0 aliphatic heterocycles. The molecule has 4 heteroatoms. The van der Waals surface area contributed by atoms with Crippen molar-refractivity contribution in [1.82, 2.24) is 4.98 Å².